The van der Waals surface area contributed by atoms with Gasteiger partial charge in [-0.2, -0.15) is 0 Å². The third kappa shape index (κ3) is 3.00. The first-order valence-electron chi connectivity index (χ1n) is 6.76. The van der Waals surface area contributed by atoms with E-state index in [4.69, 9.17) is 11.6 Å². The van der Waals surface area contributed by atoms with Crippen LogP contribution in [0.15, 0.2) is 24.5 Å². The van der Waals surface area contributed by atoms with Crippen LogP contribution in [0.1, 0.15) is 5.69 Å². The topological polar surface area (TPSA) is 57.9 Å². The number of nitrogens with zero attached hydrogens (tertiary/aromatic N) is 4. The van der Waals surface area contributed by atoms with Gasteiger partial charge in [-0.25, -0.2) is 4.98 Å². The van der Waals surface area contributed by atoms with Crippen LogP contribution in [0.2, 0.25) is 5.02 Å². The number of amides is 2. The maximum atomic E-state index is 12.3. The average Bonchev–Trinajstić information content (AvgIpc) is 2.88. The molecule has 110 valence electrons. The molecule has 0 radical (unpaired) electrons. The van der Waals surface area contributed by atoms with Gasteiger partial charge in [-0.3, -0.25) is 9.59 Å². The zero-order chi connectivity index (χ0) is 14.8. The smallest absolute Gasteiger partial charge is 0.228 e. The van der Waals surface area contributed by atoms with Crippen molar-refractivity contribution in [2.75, 3.05) is 26.2 Å². The van der Waals surface area contributed by atoms with Crippen LogP contribution in [0.25, 0.3) is 5.65 Å². The molecule has 2 amide bonds. The van der Waals surface area contributed by atoms with Crippen molar-refractivity contribution in [1.29, 1.82) is 0 Å². The summed E-state index contributed by atoms with van der Waals surface area (Å²) in [6, 6.07) is 3.59. The standard InChI is InChI=1S/C14H15ClN4O2/c15-11-1-2-13-16-12(9-19(13)8-11)7-14(21)18-5-3-17(10-20)4-6-18/h1-2,8-10H,3-7H2. The second kappa shape index (κ2) is 5.73. The Morgan fingerprint density at radius 2 is 2.00 bits per heavy atom. The molecule has 0 spiro atoms. The number of hydrogen-bond donors (Lipinski definition) is 0. The van der Waals surface area contributed by atoms with Crippen molar-refractivity contribution >= 4 is 29.6 Å². The van der Waals surface area contributed by atoms with Gasteiger partial charge in [0, 0.05) is 38.6 Å². The summed E-state index contributed by atoms with van der Waals surface area (Å²) in [5.74, 6) is 0.0371. The lowest BCUT2D eigenvalue weighted by molar-refractivity contribution is -0.134. The predicted octanol–water partition coefficient (Wildman–Crippen LogP) is 0.831. The third-order valence-corrected chi connectivity index (χ3v) is 3.84. The molecule has 0 unspecified atom stereocenters. The highest BCUT2D eigenvalue weighted by Crippen LogP contribution is 2.13. The van der Waals surface area contributed by atoms with Crippen LogP contribution in [-0.2, 0) is 16.0 Å². The number of pyridine rings is 1. The molecule has 1 aliphatic rings. The summed E-state index contributed by atoms with van der Waals surface area (Å²) in [6.07, 6.45) is 4.68. The number of carbonyl (C=O) groups excluding carboxylic acids is 2. The molecule has 0 saturated carbocycles. The molecule has 2 aromatic rings. The van der Waals surface area contributed by atoms with Crippen molar-refractivity contribution in [2.45, 2.75) is 6.42 Å². The lowest BCUT2D eigenvalue weighted by Gasteiger charge is -2.32. The van der Waals surface area contributed by atoms with Crippen LogP contribution in [0.5, 0.6) is 0 Å². The Labute approximate surface area is 126 Å². The lowest BCUT2D eigenvalue weighted by Crippen LogP contribution is -2.48. The lowest BCUT2D eigenvalue weighted by atomic mass is 10.2. The Hall–Kier alpha value is -2.08. The number of aromatic nitrogens is 2. The molecular formula is C14H15ClN4O2. The van der Waals surface area contributed by atoms with Gasteiger partial charge >= 0.3 is 0 Å². The molecular weight excluding hydrogens is 292 g/mol. The van der Waals surface area contributed by atoms with Crippen LogP contribution in [0.3, 0.4) is 0 Å². The van der Waals surface area contributed by atoms with E-state index >= 15 is 0 Å². The van der Waals surface area contributed by atoms with Gasteiger partial charge < -0.3 is 14.2 Å². The monoisotopic (exact) mass is 306 g/mol. The molecule has 6 nitrogen and oxygen atoms in total. The molecule has 21 heavy (non-hydrogen) atoms. The van der Waals surface area contributed by atoms with Crippen LogP contribution in [-0.4, -0.2) is 57.7 Å². The van der Waals surface area contributed by atoms with E-state index in [1.54, 1.807) is 22.1 Å². The van der Waals surface area contributed by atoms with Crippen molar-refractivity contribution in [1.82, 2.24) is 19.2 Å². The normalized spacial score (nSPS) is 15.5. The highest BCUT2D eigenvalue weighted by Gasteiger charge is 2.20. The summed E-state index contributed by atoms with van der Waals surface area (Å²) in [4.78, 5) is 30.8. The van der Waals surface area contributed by atoms with Crippen molar-refractivity contribution in [2.24, 2.45) is 0 Å². The third-order valence-electron chi connectivity index (χ3n) is 3.61. The molecule has 7 heteroatoms. The van der Waals surface area contributed by atoms with Crippen LogP contribution in [0, 0.1) is 0 Å². The van der Waals surface area contributed by atoms with Gasteiger partial charge in [0.05, 0.1) is 17.1 Å². The fourth-order valence-electron chi connectivity index (χ4n) is 2.45. The molecule has 1 aliphatic heterocycles. The number of halogens is 1. The molecule has 0 bridgehead atoms. The number of piperazine rings is 1. The zero-order valence-corrected chi connectivity index (χ0v) is 12.2. The van der Waals surface area contributed by atoms with Gasteiger partial charge in [0.15, 0.2) is 0 Å². The number of hydrogen-bond acceptors (Lipinski definition) is 3. The summed E-state index contributed by atoms with van der Waals surface area (Å²) in [6.45, 7) is 2.35. The largest absolute Gasteiger partial charge is 0.342 e. The summed E-state index contributed by atoms with van der Waals surface area (Å²) < 4.78 is 1.81. The van der Waals surface area contributed by atoms with E-state index < -0.39 is 0 Å². The van der Waals surface area contributed by atoms with E-state index in [1.807, 2.05) is 16.7 Å². The number of rotatable bonds is 3. The van der Waals surface area contributed by atoms with Gasteiger partial charge in [-0.1, -0.05) is 11.6 Å². The van der Waals surface area contributed by atoms with E-state index in [2.05, 4.69) is 4.98 Å². The van der Waals surface area contributed by atoms with E-state index in [1.165, 1.54) is 0 Å². The van der Waals surface area contributed by atoms with E-state index in [-0.39, 0.29) is 12.3 Å². The van der Waals surface area contributed by atoms with Crippen LogP contribution >= 0.6 is 11.6 Å². The second-order valence-corrected chi connectivity index (χ2v) is 5.48. The molecule has 1 fully saturated rings. The maximum Gasteiger partial charge on any atom is 0.228 e. The van der Waals surface area contributed by atoms with Crippen molar-refractivity contribution < 1.29 is 9.59 Å². The Morgan fingerprint density at radius 1 is 1.24 bits per heavy atom. The first-order chi connectivity index (χ1) is 10.2. The first kappa shape index (κ1) is 13.9. The van der Waals surface area contributed by atoms with Crippen molar-refractivity contribution in [3.63, 3.8) is 0 Å². The quantitative estimate of drug-likeness (QED) is 0.789. The highest BCUT2D eigenvalue weighted by atomic mass is 35.5. The average molecular weight is 307 g/mol. The Bertz CT molecular complexity index is 677. The molecule has 0 atom stereocenters. The second-order valence-electron chi connectivity index (χ2n) is 5.04. The number of carbonyl (C=O) groups is 2. The van der Waals surface area contributed by atoms with Crippen LogP contribution in [0.4, 0.5) is 0 Å². The summed E-state index contributed by atoms with van der Waals surface area (Å²) in [5, 5.41) is 0.628. The summed E-state index contributed by atoms with van der Waals surface area (Å²) >= 11 is 5.93. The van der Waals surface area contributed by atoms with Gasteiger partial charge in [-0.05, 0) is 12.1 Å². The Balaban J connectivity index is 1.67. The molecule has 0 aromatic carbocycles. The van der Waals surface area contributed by atoms with Gasteiger partial charge in [0.25, 0.3) is 0 Å². The van der Waals surface area contributed by atoms with Gasteiger partial charge in [-0.15, -0.1) is 0 Å². The maximum absolute atomic E-state index is 12.3. The molecule has 3 heterocycles. The summed E-state index contributed by atoms with van der Waals surface area (Å²) in [5.41, 5.74) is 1.49. The molecule has 2 aromatic heterocycles. The molecule has 3 rings (SSSR count). The minimum absolute atomic E-state index is 0.0371. The molecule has 1 saturated heterocycles. The fourth-order valence-corrected chi connectivity index (χ4v) is 2.61. The number of imidazole rings is 1. The SMILES string of the molecule is O=CN1CCN(C(=O)Cc2cn3cc(Cl)ccc3n2)CC1. The van der Waals surface area contributed by atoms with Gasteiger partial charge in [0.1, 0.15) is 5.65 Å². The number of fused-ring (bicyclic) bond motifs is 1. The Morgan fingerprint density at radius 3 is 2.71 bits per heavy atom. The fraction of sp³-hybridized carbons (Fsp3) is 0.357. The highest BCUT2D eigenvalue weighted by molar-refractivity contribution is 6.30. The summed E-state index contributed by atoms with van der Waals surface area (Å²) in [7, 11) is 0. The van der Waals surface area contributed by atoms with Crippen molar-refractivity contribution in [3.8, 4) is 0 Å². The zero-order valence-electron chi connectivity index (χ0n) is 11.4. The van der Waals surface area contributed by atoms with Crippen LogP contribution < -0.4 is 0 Å². The van der Waals surface area contributed by atoms with E-state index in [0.29, 0.717) is 31.2 Å². The molecule has 0 aliphatic carbocycles. The minimum atomic E-state index is 0.0371. The first-order valence-corrected chi connectivity index (χ1v) is 7.14. The van der Waals surface area contributed by atoms with Gasteiger partial charge in [0.2, 0.25) is 12.3 Å². The van der Waals surface area contributed by atoms with E-state index in [9.17, 15) is 9.59 Å². The van der Waals surface area contributed by atoms with Crippen molar-refractivity contribution in [3.05, 3.63) is 35.2 Å². The minimum Gasteiger partial charge on any atom is -0.342 e. The van der Waals surface area contributed by atoms with E-state index in [0.717, 1.165) is 17.8 Å². The Kier molecular flexibility index (Phi) is 3.79. The predicted molar refractivity (Wildman–Crippen MR) is 78.1 cm³/mol. The molecule has 0 N–H and O–H groups in total.